The number of aliphatic hydroxyl groups is 1. The lowest BCUT2D eigenvalue weighted by Gasteiger charge is -2.23. The molecule has 0 radical (unpaired) electrons. The highest BCUT2D eigenvalue weighted by atomic mass is 16.4. The normalized spacial score (nSPS) is 19.1. The summed E-state index contributed by atoms with van der Waals surface area (Å²) in [5, 5.41) is 18.9. The Morgan fingerprint density at radius 1 is 1.30 bits per heavy atom. The second-order valence-corrected chi connectivity index (χ2v) is 7.41. The molecule has 0 spiro atoms. The Balaban J connectivity index is 2.38. The number of aliphatic carboxylic acids is 1. The van der Waals surface area contributed by atoms with Crippen molar-refractivity contribution in [3.8, 4) is 11.8 Å². The highest BCUT2D eigenvalue weighted by Crippen LogP contribution is 2.21. The third-order valence-corrected chi connectivity index (χ3v) is 4.95. The van der Waals surface area contributed by atoms with E-state index in [0.29, 0.717) is 25.8 Å². The lowest BCUT2D eigenvalue weighted by Crippen LogP contribution is -2.33. The van der Waals surface area contributed by atoms with Gasteiger partial charge in [0, 0.05) is 32.2 Å². The number of hydrogen-bond donors (Lipinski definition) is 2. The molecule has 0 aromatic carbocycles. The summed E-state index contributed by atoms with van der Waals surface area (Å²) in [6.07, 6.45) is 10.8. The van der Waals surface area contributed by atoms with Gasteiger partial charge in [-0.05, 0) is 31.6 Å². The monoisotopic (exact) mass is 377 g/mol. The van der Waals surface area contributed by atoms with Gasteiger partial charge in [0.2, 0.25) is 5.91 Å². The van der Waals surface area contributed by atoms with E-state index < -0.39 is 12.1 Å². The minimum Gasteiger partial charge on any atom is -0.481 e. The van der Waals surface area contributed by atoms with Gasteiger partial charge in [-0.2, -0.15) is 0 Å². The molecule has 5 nitrogen and oxygen atoms in total. The number of rotatable bonds is 12. The summed E-state index contributed by atoms with van der Waals surface area (Å²) < 4.78 is 0. The van der Waals surface area contributed by atoms with Crippen LogP contribution in [-0.4, -0.2) is 45.7 Å². The van der Waals surface area contributed by atoms with E-state index in [2.05, 4.69) is 18.8 Å². The van der Waals surface area contributed by atoms with Gasteiger partial charge in [-0.25, -0.2) is 0 Å². The SMILES string of the molecule is CCCC#CCC(C)C(O)/C=C/C1CCC(=O)N1CCCCCCC(=O)O. The topological polar surface area (TPSA) is 77.8 Å². The van der Waals surface area contributed by atoms with E-state index in [1.165, 1.54) is 0 Å². The Morgan fingerprint density at radius 2 is 2.04 bits per heavy atom. The molecule has 1 fully saturated rings. The smallest absolute Gasteiger partial charge is 0.303 e. The van der Waals surface area contributed by atoms with Crippen molar-refractivity contribution in [3.63, 3.8) is 0 Å². The van der Waals surface area contributed by atoms with Gasteiger partial charge in [0.25, 0.3) is 0 Å². The highest BCUT2D eigenvalue weighted by molar-refractivity contribution is 5.79. The van der Waals surface area contributed by atoms with Crippen LogP contribution in [-0.2, 0) is 9.59 Å². The first-order chi connectivity index (χ1) is 13.0. The molecule has 27 heavy (non-hydrogen) atoms. The summed E-state index contributed by atoms with van der Waals surface area (Å²) in [6.45, 7) is 4.79. The molecule has 1 amide bonds. The molecular formula is C22H35NO4. The Hall–Kier alpha value is -1.80. The highest BCUT2D eigenvalue weighted by Gasteiger charge is 2.28. The largest absolute Gasteiger partial charge is 0.481 e. The fraction of sp³-hybridized carbons (Fsp3) is 0.727. The van der Waals surface area contributed by atoms with Crippen LogP contribution in [0.4, 0.5) is 0 Å². The lowest BCUT2D eigenvalue weighted by atomic mass is 9.99. The van der Waals surface area contributed by atoms with E-state index in [1.54, 1.807) is 0 Å². The van der Waals surface area contributed by atoms with Gasteiger partial charge in [-0.3, -0.25) is 9.59 Å². The molecule has 1 rings (SSSR count). The Labute approximate surface area is 163 Å². The van der Waals surface area contributed by atoms with Crippen LogP contribution in [0.3, 0.4) is 0 Å². The standard InChI is InChI=1S/C22H35NO4/c1-3-4-5-8-11-18(2)20(24)15-13-19-14-16-21(25)23(19)17-10-7-6-9-12-22(26)27/h13,15,18-20,24H,3-4,6-7,9-12,14,16-17H2,1-2H3,(H,26,27)/b15-13+. The van der Waals surface area contributed by atoms with Gasteiger partial charge in [-0.15, -0.1) is 11.8 Å². The Bertz CT molecular complexity index is 546. The number of hydrogen-bond acceptors (Lipinski definition) is 3. The number of carbonyl (C=O) groups is 2. The molecule has 2 N–H and O–H groups in total. The molecule has 3 unspecified atom stereocenters. The number of carbonyl (C=O) groups excluding carboxylic acids is 1. The van der Waals surface area contributed by atoms with E-state index in [-0.39, 0.29) is 24.3 Å². The maximum atomic E-state index is 12.1. The molecule has 1 heterocycles. The van der Waals surface area contributed by atoms with Crippen molar-refractivity contribution in [2.75, 3.05) is 6.54 Å². The van der Waals surface area contributed by atoms with E-state index >= 15 is 0 Å². The second-order valence-electron chi connectivity index (χ2n) is 7.41. The van der Waals surface area contributed by atoms with Crippen molar-refractivity contribution in [2.45, 2.75) is 90.2 Å². The van der Waals surface area contributed by atoms with Crippen LogP contribution in [0.25, 0.3) is 0 Å². The maximum absolute atomic E-state index is 12.1. The number of likely N-dealkylation sites (tertiary alicyclic amines) is 1. The number of carboxylic acids is 1. The number of amides is 1. The summed E-state index contributed by atoms with van der Waals surface area (Å²) in [5.74, 6) is 5.71. The average molecular weight is 378 g/mol. The van der Waals surface area contributed by atoms with Gasteiger partial charge >= 0.3 is 5.97 Å². The molecule has 0 aliphatic carbocycles. The fourth-order valence-electron chi connectivity index (χ4n) is 3.16. The van der Waals surface area contributed by atoms with Crippen molar-refractivity contribution in [1.82, 2.24) is 4.90 Å². The Morgan fingerprint density at radius 3 is 2.74 bits per heavy atom. The third kappa shape index (κ3) is 9.63. The van der Waals surface area contributed by atoms with Crippen LogP contribution in [0.2, 0.25) is 0 Å². The van der Waals surface area contributed by atoms with Crippen molar-refractivity contribution >= 4 is 11.9 Å². The average Bonchev–Trinajstić information content (AvgIpc) is 2.99. The van der Waals surface area contributed by atoms with E-state index in [9.17, 15) is 14.7 Å². The van der Waals surface area contributed by atoms with Crippen LogP contribution in [0, 0.1) is 17.8 Å². The summed E-state index contributed by atoms with van der Waals surface area (Å²) in [4.78, 5) is 24.5. The fourth-order valence-corrected chi connectivity index (χ4v) is 3.16. The minimum atomic E-state index is -0.751. The van der Waals surface area contributed by atoms with Crippen LogP contribution in [0.15, 0.2) is 12.2 Å². The second kappa shape index (κ2) is 13.4. The van der Waals surface area contributed by atoms with Crippen LogP contribution in [0.1, 0.15) is 78.1 Å². The predicted octanol–water partition coefficient (Wildman–Crippen LogP) is 3.76. The van der Waals surface area contributed by atoms with Crippen molar-refractivity contribution in [3.05, 3.63) is 12.2 Å². The van der Waals surface area contributed by atoms with E-state index in [4.69, 9.17) is 5.11 Å². The van der Waals surface area contributed by atoms with Crippen molar-refractivity contribution in [1.29, 1.82) is 0 Å². The van der Waals surface area contributed by atoms with Crippen molar-refractivity contribution in [2.24, 2.45) is 5.92 Å². The van der Waals surface area contributed by atoms with Crippen LogP contribution in [0.5, 0.6) is 0 Å². The minimum absolute atomic E-state index is 0.0598. The Kier molecular flexibility index (Phi) is 11.5. The number of aliphatic hydroxyl groups excluding tert-OH is 1. The maximum Gasteiger partial charge on any atom is 0.303 e. The molecule has 152 valence electrons. The zero-order valence-corrected chi connectivity index (χ0v) is 16.8. The zero-order valence-electron chi connectivity index (χ0n) is 16.8. The van der Waals surface area contributed by atoms with Gasteiger partial charge in [0.1, 0.15) is 0 Å². The molecule has 1 saturated heterocycles. The molecule has 5 heteroatoms. The molecule has 0 bridgehead atoms. The molecule has 1 aliphatic rings. The molecule has 0 aromatic heterocycles. The number of unbranched alkanes of at least 4 members (excludes halogenated alkanes) is 4. The number of nitrogens with zero attached hydrogens (tertiary/aromatic N) is 1. The summed E-state index contributed by atoms with van der Waals surface area (Å²) in [7, 11) is 0. The van der Waals surface area contributed by atoms with Crippen LogP contribution < -0.4 is 0 Å². The molecule has 0 saturated carbocycles. The van der Waals surface area contributed by atoms with Crippen LogP contribution >= 0.6 is 0 Å². The first-order valence-electron chi connectivity index (χ1n) is 10.3. The van der Waals surface area contributed by atoms with Gasteiger partial charge in [-0.1, -0.05) is 38.8 Å². The van der Waals surface area contributed by atoms with Gasteiger partial charge in [0.05, 0.1) is 12.1 Å². The quantitative estimate of drug-likeness (QED) is 0.308. The summed E-state index contributed by atoms with van der Waals surface area (Å²) in [6, 6.07) is 0.0598. The predicted molar refractivity (Wildman–Crippen MR) is 107 cm³/mol. The molecule has 3 atom stereocenters. The molecule has 1 aliphatic heterocycles. The molecular weight excluding hydrogens is 342 g/mol. The zero-order chi connectivity index (χ0) is 20.1. The van der Waals surface area contributed by atoms with Gasteiger partial charge in [0.15, 0.2) is 0 Å². The van der Waals surface area contributed by atoms with E-state index in [1.807, 2.05) is 24.0 Å². The first kappa shape index (κ1) is 23.2. The summed E-state index contributed by atoms with van der Waals surface area (Å²) in [5.41, 5.74) is 0. The van der Waals surface area contributed by atoms with Crippen molar-refractivity contribution < 1.29 is 19.8 Å². The first-order valence-corrected chi connectivity index (χ1v) is 10.3. The molecule has 0 aromatic rings. The lowest BCUT2D eigenvalue weighted by molar-refractivity contribution is -0.137. The summed E-state index contributed by atoms with van der Waals surface area (Å²) >= 11 is 0. The van der Waals surface area contributed by atoms with E-state index in [0.717, 1.165) is 38.5 Å². The van der Waals surface area contributed by atoms with Gasteiger partial charge < -0.3 is 15.1 Å². The number of carboxylic acid groups (broad SMARTS) is 1. The third-order valence-electron chi connectivity index (χ3n) is 4.95.